The Morgan fingerprint density at radius 1 is 1.20 bits per heavy atom. The molecule has 0 amide bonds. The standard InChI is InChI=1S/C5H12.C2H8O2Si/c1-4-5(2)3;1-3-5-4-2/h5H,4H2,1-3H3;5H2,1-2H3. The third-order valence-electron chi connectivity index (χ3n) is 1.05. The molecule has 0 atom stereocenters. The van der Waals surface area contributed by atoms with Crippen LogP contribution in [0.3, 0.4) is 0 Å². The molecule has 10 heavy (non-hydrogen) atoms. The van der Waals surface area contributed by atoms with E-state index in [2.05, 4.69) is 29.6 Å². The first-order chi connectivity index (χ1) is 4.68. The molecule has 0 aliphatic carbocycles. The van der Waals surface area contributed by atoms with Gasteiger partial charge in [0.15, 0.2) is 0 Å². The van der Waals surface area contributed by atoms with Gasteiger partial charge in [0, 0.05) is 14.2 Å². The third kappa shape index (κ3) is 24.2. The molecule has 64 valence electrons. The van der Waals surface area contributed by atoms with Gasteiger partial charge in [0.2, 0.25) is 0 Å². The highest BCUT2D eigenvalue weighted by atomic mass is 28.3. The monoisotopic (exact) mass is 164 g/mol. The number of rotatable bonds is 3. The summed E-state index contributed by atoms with van der Waals surface area (Å²) in [6.45, 7) is 6.64. The number of hydrogen-bond donors (Lipinski definition) is 0. The summed E-state index contributed by atoms with van der Waals surface area (Å²) in [7, 11) is 2.73. The lowest BCUT2D eigenvalue weighted by atomic mass is 10.2. The molecule has 0 aromatic rings. The first-order valence-corrected chi connectivity index (χ1v) is 4.82. The van der Waals surface area contributed by atoms with E-state index in [0.29, 0.717) is 0 Å². The normalized spacial score (nSPS) is 9.00. The van der Waals surface area contributed by atoms with Crippen LogP contribution in [0.25, 0.3) is 0 Å². The van der Waals surface area contributed by atoms with E-state index in [1.807, 2.05) is 0 Å². The Morgan fingerprint density at radius 2 is 1.50 bits per heavy atom. The SMILES string of the molecule is CCC(C)C.CO[SiH2]OC. The van der Waals surface area contributed by atoms with E-state index >= 15 is 0 Å². The fraction of sp³-hybridized carbons (Fsp3) is 1.00. The molecule has 0 aliphatic heterocycles. The highest BCUT2D eigenvalue weighted by molar-refractivity contribution is 6.17. The third-order valence-corrected chi connectivity index (χ3v) is 1.52. The van der Waals surface area contributed by atoms with Crippen molar-refractivity contribution in [1.29, 1.82) is 0 Å². The van der Waals surface area contributed by atoms with Crippen LogP contribution in [0, 0.1) is 5.92 Å². The van der Waals surface area contributed by atoms with Gasteiger partial charge in [-0.3, -0.25) is 0 Å². The van der Waals surface area contributed by atoms with Crippen molar-refractivity contribution in [1.82, 2.24) is 0 Å². The molecule has 0 saturated carbocycles. The van der Waals surface area contributed by atoms with Gasteiger partial charge >= 0.3 is 10.0 Å². The summed E-state index contributed by atoms with van der Waals surface area (Å²) in [6, 6.07) is 0. The Morgan fingerprint density at radius 3 is 1.50 bits per heavy atom. The van der Waals surface area contributed by atoms with E-state index in [1.165, 1.54) is 6.42 Å². The van der Waals surface area contributed by atoms with Gasteiger partial charge in [-0.15, -0.1) is 0 Å². The van der Waals surface area contributed by atoms with Gasteiger partial charge in [0.05, 0.1) is 0 Å². The fourth-order valence-electron chi connectivity index (χ4n) is 0.118. The van der Waals surface area contributed by atoms with Gasteiger partial charge in [0.1, 0.15) is 0 Å². The van der Waals surface area contributed by atoms with Gasteiger partial charge in [-0.05, 0) is 5.92 Å². The lowest BCUT2D eigenvalue weighted by Crippen LogP contribution is -1.93. The van der Waals surface area contributed by atoms with E-state index in [4.69, 9.17) is 0 Å². The van der Waals surface area contributed by atoms with Crippen LogP contribution in [0.15, 0.2) is 0 Å². The highest BCUT2D eigenvalue weighted by Crippen LogP contribution is 1.93. The van der Waals surface area contributed by atoms with E-state index in [0.717, 1.165) is 5.92 Å². The van der Waals surface area contributed by atoms with E-state index < -0.39 is 10.0 Å². The van der Waals surface area contributed by atoms with Crippen molar-refractivity contribution in [2.24, 2.45) is 5.92 Å². The second kappa shape index (κ2) is 11.9. The fourth-order valence-corrected chi connectivity index (χ4v) is 0.354. The summed E-state index contributed by atoms with van der Waals surface area (Å²) in [5, 5.41) is 0. The zero-order valence-corrected chi connectivity index (χ0v) is 9.22. The Bertz CT molecular complexity index is 46.9. The molecule has 0 rings (SSSR count). The van der Waals surface area contributed by atoms with Gasteiger partial charge in [-0.25, -0.2) is 0 Å². The average molecular weight is 164 g/mol. The maximum absolute atomic E-state index is 4.61. The minimum atomic E-state index is -0.568. The Hall–Kier alpha value is 0.137. The Kier molecular flexibility index (Phi) is 15.2. The van der Waals surface area contributed by atoms with E-state index in [1.54, 1.807) is 14.2 Å². The van der Waals surface area contributed by atoms with Crippen molar-refractivity contribution in [3.05, 3.63) is 0 Å². The molecule has 0 unspecified atom stereocenters. The van der Waals surface area contributed by atoms with Crippen molar-refractivity contribution in [3.63, 3.8) is 0 Å². The molecular weight excluding hydrogens is 144 g/mol. The summed E-state index contributed by atoms with van der Waals surface area (Å²) in [5.74, 6) is 0.884. The topological polar surface area (TPSA) is 18.5 Å². The number of hydrogen-bond acceptors (Lipinski definition) is 2. The average Bonchev–Trinajstić information content (AvgIpc) is 1.91. The van der Waals surface area contributed by atoms with Crippen LogP contribution in [-0.4, -0.2) is 24.2 Å². The molecular formula is C7H20O2Si. The van der Waals surface area contributed by atoms with Crippen LogP contribution in [-0.2, 0) is 8.85 Å². The van der Waals surface area contributed by atoms with Crippen molar-refractivity contribution in [2.45, 2.75) is 27.2 Å². The Balaban J connectivity index is 0. The van der Waals surface area contributed by atoms with Crippen LogP contribution in [0.2, 0.25) is 0 Å². The predicted molar refractivity (Wildman–Crippen MR) is 47.7 cm³/mol. The van der Waals surface area contributed by atoms with Crippen LogP contribution in [0.4, 0.5) is 0 Å². The molecule has 0 N–H and O–H groups in total. The second-order valence-electron chi connectivity index (χ2n) is 2.50. The summed E-state index contributed by atoms with van der Waals surface area (Å²) in [4.78, 5) is 0. The maximum atomic E-state index is 4.61. The van der Waals surface area contributed by atoms with Crippen LogP contribution < -0.4 is 0 Å². The van der Waals surface area contributed by atoms with Crippen LogP contribution >= 0.6 is 0 Å². The summed E-state index contributed by atoms with van der Waals surface area (Å²) in [6.07, 6.45) is 1.31. The second-order valence-corrected chi connectivity index (χ2v) is 3.89. The molecule has 3 heteroatoms. The van der Waals surface area contributed by atoms with E-state index in [9.17, 15) is 0 Å². The quantitative estimate of drug-likeness (QED) is 0.586. The minimum Gasteiger partial charge on any atom is -0.402 e. The minimum absolute atomic E-state index is 0.568. The van der Waals surface area contributed by atoms with Gasteiger partial charge < -0.3 is 8.85 Å². The lowest BCUT2D eigenvalue weighted by Gasteiger charge is -1.90. The van der Waals surface area contributed by atoms with Crippen LogP contribution in [0.5, 0.6) is 0 Å². The smallest absolute Gasteiger partial charge is 0.303 e. The molecule has 0 aliphatic rings. The Labute approximate surface area is 67.0 Å². The molecule has 0 saturated heterocycles. The summed E-state index contributed by atoms with van der Waals surface area (Å²) in [5.41, 5.74) is 0. The maximum Gasteiger partial charge on any atom is 0.303 e. The van der Waals surface area contributed by atoms with Crippen molar-refractivity contribution < 1.29 is 8.85 Å². The molecule has 0 fully saturated rings. The first-order valence-electron chi connectivity index (χ1n) is 3.66. The molecule has 0 spiro atoms. The van der Waals surface area contributed by atoms with E-state index in [-0.39, 0.29) is 0 Å². The predicted octanol–water partition coefficient (Wildman–Crippen LogP) is 1.33. The lowest BCUT2D eigenvalue weighted by molar-refractivity contribution is 0.309. The molecule has 0 aromatic heterocycles. The van der Waals surface area contributed by atoms with Crippen molar-refractivity contribution in [3.8, 4) is 0 Å². The molecule has 0 aromatic carbocycles. The highest BCUT2D eigenvalue weighted by Gasteiger charge is 1.80. The zero-order valence-electron chi connectivity index (χ0n) is 7.81. The molecule has 0 bridgehead atoms. The summed E-state index contributed by atoms with van der Waals surface area (Å²) >= 11 is 0. The van der Waals surface area contributed by atoms with Crippen LogP contribution in [0.1, 0.15) is 27.2 Å². The van der Waals surface area contributed by atoms with Gasteiger partial charge in [0.25, 0.3) is 0 Å². The zero-order chi connectivity index (χ0) is 8.41. The molecule has 2 nitrogen and oxygen atoms in total. The first kappa shape index (κ1) is 12.8. The molecule has 0 radical (unpaired) electrons. The largest absolute Gasteiger partial charge is 0.402 e. The molecule has 0 heterocycles. The van der Waals surface area contributed by atoms with Crippen molar-refractivity contribution >= 4 is 10.0 Å². The van der Waals surface area contributed by atoms with Crippen molar-refractivity contribution in [2.75, 3.05) is 14.2 Å². The van der Waals surface area contributed by atoms with Gasteiger partial charge in [-0.1, -0.05) is 27.2 Å². The summed E-state index contributed by atoms with van der Waals surface area (Å²) < 4.78 is 9.22. The van der Waals surface area contributed by atoms with Gasteiger partial charge in [-0.2, -0.15) is 0 Å².